The summed E-state index contributed by atoms with van der Waals surface area (Å²) in [4.78, 5) is 2.64. The summed E-state index contributed by atoms with van der Waals surface area (Å²) in [6.07, 6.45) is 8.92. The number of hydrogen-bond acceptors (Lipinski definition) is 3. The molecule has 1 aliphatic heterocycles. The van der Waals surface area contributed by atoms with Crippen LogP contribution in [0.4, 0.5) is 0 Å². The van der Waals surface area contributed by atoms with Gasteiger partial charge in [-0.25, -0.2) is 0 Å². The molecule has 3 heteroatoms. The van der Waals surface area contributed by atoms with Gasteiger partial charge in [0.2, 0.25) is 0 Å². The molecule has 0 radical (unpaired) electrons. The highest BCUT2D eigenvalue weighted by atomic mass is 32.2. The third kappa shape index (κ3) is 4.64. The number of rotatable bonds is 8. The van der Waals surface area contributed by atoms with Gasteiger partial charge < -0.3 is 5.73 Å². The maximum Gasteiger partial charge on any atom is 0.0218 e. The highest BCUT2D eigenvalue weighted by molar-refractivity contribution is 7.98. The fraction of sp³-hybridized carbons (Fsp3) is 1.00. The van der Waals surface area contributed by atoms with Crippen molar-refractivity contribution >= 4 is 11.8 Å². The molecule has 2 nitrogen and oxygen atoms in total. The Balaban J connectivity index is 2.25. The summed E-state index contributed by atoms with van der Waals surface area (Å²) < 4.78 is 0. The van der Waals surface area contributed by atoms with Gasteiger partial charge in [0.25, 0.3) is 0 Å². The first-order valence-electron chi connectivity index (χ1n) is 6.74. The zero-order valence-corrected chi connectivity index (χ0v) is 11.8. The molecule has 96 valence electrons. The molecule has 2 N–H and O–H groups in total. The quantitative estimate of drug-likeness (QED) is 0.666. The van der Waals surface area contributed by atoms with Gasteiger partial charge in [-0.15, -0.1) is 0 Å². The second-order valence-corrected chi connectivity index (χ2v) is 5.95. The fourth-order valence-corrected chi connectivity index (χ4v) is 3.21. The summed E-state index contributed by atoms with van der Waals surface area (Å²) in [6, 6.07) is 0.647. The van der Waals surface area contributed by atoms with Gasteiger partial charge in [-0.3, -0.25) is 4.90 Å². The second-order valence-electron chi connectivity index (χ2n) is 4.96. The normalized spacial score (nSPS) is 23.8. The molecule has 0 aromatic rings. The lowest BCUT2D eigenvalue weighted by Gasteiger charge is -2.26. The monoisotopic (exact) mass is 244 g/mol. The van der Waals surface area contributed by atoms with Gasteiger partial charge in [0, 0.05) is 19.1 Å². The number of thioether (sulfide) groups is 1. The molecule has 2 atom stereocenters. The number of likely N-dealkylation sites (tertiary alicyclic amines) is 1. The van der Waals surface area contributed by atoms with E-state index in [0.29, 0.717) is 6.04 Å². The molecule has 16 heavy (non-hydrogen) atoms. The van der Waals surface area contributed by atoms with E-state index in [1.54, 1.807) is 0 Å². The standard InChI is InChI=1S/C13H28N2S/c1-3-5-12-7-8-15(11-12)13(10-14)6-4-9-16-2/h12-13H,3-11,14H2,1-2H3. The van der Waals surface area contributed by atoms with Crippen molar-refractivity contribution < 1.29 is 0 Å². The average Bonchev–Trinajstić information content (AvgIpc) is 2.74. The Kier molecular flexibility index (Phi) is 7.50. The van der Waals surface area contributed by atoms with Crippen LogP contribution in [-0.2, 0) is 0 Å². The molecule has 1 fully saturated rings. The van der Waals surface area contributed by atoms with Gasteiger partial charge in [0.05, 0.1) is 0 Å². The minimum absolute atomic E-state index is 0.647. The molecular formula is C13H28N2S. The van der Waals surface area contributed by atoms with Crippen LogP contribution < -0.4 is 5.73 Å². The lowest BCUT2D eigenvalue weighted by Crippen LogP contribution is -2.39. The van der Waals surface area contributed by atoms with Crippen molar-refractivity contribution in [2.75, 3.05) is 31.6 Å². The van der Waals surface area contributed by atoms with E-state index >= 15 is 0 Å². The van der Waals surface area contributed by atoms with Gasteiger partial charge in [0.15, 0.2) is 0 Å². The summed E-state index contributed by atoms with van der Waals surface area (Å²) >= 11 is 1.95. The lowest BCUT2D eigenvalue weighted by molar-refractivity contribution is 0.225. The first kappa shape index (κ1) is 14.3. The summed E-state index contributed by atoms with van der Waals surface area (Å²) in [6.45, 7) is 5.72. The van der Waals surface area contributed by atoms with Crippen molar-refractivity contribution in [1.29, 1.82) is 0 Å². The highest BCUT2D eigenvalue weighted by Crippen LogP contribution is 2.24. The van der Waals surface area contributed by atoms with E-state index in [1.807, 2.05) is 11.8 Å². The van der Waals surface area contributed by atoms with Crippen LogP contribution in [0.2, 0.25) is 0 Å². The maximum absolute atomic E-state index is 5.91. The van der Waals surface area contributed by atoms with Gasteiger partial charge >= 0.3 is 0 Å². The van der Waals surface area contributed by atoms with E-state index in [1.165, 1.54) is 50.9 Å². The molecular weight excluding hydrogens is 216 g/mol. The van der Waals surface area contributed by atoms with Crippen LogP contribution >= 0.6 is 11.8 Å². The molecule has 0 aromatic carbocycles. The highest BCUT2D eigenvalue weighted by Gasteiger charge is 2.26. The van der Waals surface area contributed by atoms with Crippen LogP contribution in [0.3, 0.4) is 0 Å². The number of nitrogens with zero attached hydrogens (tertiary/aromatic N) is 1. The van der Waals surface area contributed by atoms with Crippen molar-refractivity contribution in [2.45, 2.75) is 45.1 Å². The predicted octanol–water partition coefficient (Wildman–Crippen LogP) is 2.58. The van der Waals surface area contributed by atoms with Crippen molar-refractivity contribution in [3.05, 3.63) is 0 Å². The Morgan fingerprint density at radius 2 is 2.31 bits per heavy atom. The van der Waals surface area contributed by atoms with Gasteiger partial charge in [-0.05, 0) is 50.2 Å². The van der Waals surface area contributed by atoms with E-state index in [4.69, 9.17) is 5.73 Å². The van der Waals surface area contributed by atoms with Crippen molar-refractivity contribution in [1.82, 2.24) is 4.90 Å². The predicted molar refractivity (Wildman–Crippen MR) is 75.0 cm³/mol. The molecule has 0 spiro atoms. The molecule has 2 unspecified atom stereocenters. The van der Waals surface area contributed by atoms with E-state index in [-0.39, 0.29) is 0 Å². The molecule has 1 heterocycles. The van der Waals surface area contributed by atoms with Crippen LogP contribution in [0.1, 0.15) is 39.0 Å². The van der Waals surface area contributed by atoms with Crippen LogP contribution in [0.15, 0.2) is 0 Å². The third-order valence-electron chi connectivity index (χ3n) is 3.69. The maximum atomic E-state index is 5.91. The van der Waals surface area contributed by atoms with Gasteiger partial charge in [-0.2, -0.15) is 11.8 Å². The van der Waals surface area contributed by atoms with Crippen LogP contribution in [0.25, 0.3) is 0 Å². The Hall–Kier alpha value is 0.270. The molecule has 0 amide bonds. The Labute approximate surface area is 105 Å². The topological polar surface area (TPSA) is 29.3 Å². The third-order valence-corrected chi connectivity index (χ3v) is 4.39. The first-order chi connectivity index (χ1) is 7.81. The number of nitrogens with two attached hydrogens (primary N) is 1. The van der Waals surface area contributed by atoms with E-state index in [0.717, 1.165) is 12.5 Å². The Morgan fingerprint density at radius 1 is 1.50 bits per heavy atom. The SMILES string of the molecule is CCCC1CCN(C(CN)CCCSC)C1. The average molecular weight is 244 g/mol. The summed E-state index contributed by atoms with van der Waals surface area (Å²) in [5.41, 5.74) is 5.91. The zero-order chi connectivity index (χ0) is 11.8. The molecule has 1 saturated heterocycles. The van der Waals surface area contributed by atoms with Crippen LogP contribution in [-0.4, -0.2) is 42.6 Å². The van der Waals surface area contributed by atoms with Crippen LogP contribution in [0, 0.1) is 5.92 Å². The molecule has 0 saturated carbocycles. The van der Waals surface area contributed by atoms with E-state index in [9.17, 15) is 0 Å². The Morgan fingerprint density at radius 3 is 2.94 bits per heavy atom. The van der Waals surface area contributed by atoms with Crippen molar-refractivity contribution in [3.8, 4) is 0 Å². The molecule has 1 rings (SSSR count). The second kappa shape index (κ2) is 8.37. The minimum atomic E-state index is 0.647. The van der Waals surface area contributed by atoms with E-state index in [2.05, 4.69) is 18.1 Å². The fourth-order valence-electron chi connectivity index (χ4n) is 2.75. The van der Waals surface area contributed by atoms with Gasteiger partial charge in [-0.1, -0.05) is 13.3 Å². The molecule has 0 aliphatic carbocycles. The van der Waals surface area contributed by atoms with Crippen molar-refractivity contribution in [3.63, 3.8) is 0 Å². The molecule has 0 aromatic heterocycles. The number of hydrogen-bond donors (Lipinski definition) is 1. The summed E-state index contributed by atoms with van der Waals surface area (Å²) in [5, 5.41) is 0. The lowest BCUT2D eigenvalue weighted by atomic mass is 10.0. The van der Waals surface area contributed by atoms with Gasteiger partial charge in [0.1, 0.15) is 0 Å². The minimum Gasteiger partial charge on any atom is -0.329 e. The summed E-state index contributed by atoms with van der Waals surface area (Å²) in [5.74, 6) is 2.22. The summed E-state index contributed by atoms with van der Waals surface area (Å²) in [7, 11) is 0. The molecule has 1 aliphatic rings. The molecule has 0 bridgehead atoms. The zero-order valence-electron chi connectivity index (χ0n) is 11.0. The first-order valence-corrected chi connectivity index (χ1v) is 8.14. The Bertz CT molecular complexity index is 175. The van der Waals surface area contributed by atoms with E-state index < -0.39 is 0 Å². The van der Waals surface area contributed by atoms with Crippen molar-refractivity contribution in [2.24, 2.45) is 11.7 Å². The smallest absolute Gasteiger partial charge is 0.0218 e. The largest absolute Gasteiger partial charge is 0.329 e. The van der Waals surface area contributed by atoms with Crippen LogP contribution in [0.5, 0.6) is 0 Å².